The van der Waals surface area contributed by atoms with E-state index in [0.717, 1.165) is 24.1 Å². The summed E-state index contributed by atoms with van der Waals surface area (Å²) in [6.45, 7) is 3.69. The molecule has 0 saturated carbocycles. The summed E-state index contributed by atoms with van der Waals surface area (Å²) in [6, 6.07) is 9.95. The molecular weight excluding hydrogens is 539 g/mol. The fourth-order valence-electron chi connectivity index (χ4n) is 5.51. The van der Waals surface area contributed by atoms with Crippen LogP contribution in [0.4, 0.5) is 29.5 Å². The number of aromatic hydroxyl groups is 1. The number of nitrogens with zero attached hydrogens (tertiary/aromatic N) is 5. The first-order chi connectivity index (χ1) is 19.6. The monoisotopic (exact) mass is 567 g/mol. The standard InChI is InChI=1S/C28H28F3N7O3/c1-16-10-20(12-22-26(16)36-23(34-22)14-28(29,30)31)41-25-13-24(32-15-33-25)37-7-5-18(6-8-37)38-9-4-17-11-19(39)2-3-21(17)35-27(38)40/h2-3,10-13,15,18,39H,4-9,14H2,1H3,(H,34,36)(H,35,40). The molecule has 1 fully saturated rings. The lowest BCUT2D eigenvalue weighted by Gasteiger charge is -2.38. The number of nitrogens with one attached hydrogen (secondary N) is 2. The lowest BCUT2D eigenvalue weighted by Crippen LogP contribution is -2.49. The average molecular weight is 568 g/mol. The van der Waals surface area contributed by atoms with Crippen molar-refractivity contribution in [1.82, 2.24) is 24.8 Å². The number of rotatable bonds is 5. The highest BCUT2D eigenvalue weighted by molar-refractivity contribution is 5.91. The number of amides is 2. The minimum Gasteiger partial charge on any atom is -0.508 e. The van der Waals surface area contributed by atoms with Crippen molar-refractivity contribution in [3.63, 3.8) is 0 Å². The number of urea groups is 1. The van der Waals surface area contributed by atoms with Crippen molar-refractivity contribution in [2.45, 2.75) is 44.8 Å². The Bertz CT molecular complexity index is 1600. The minimum absolute atomic E-state index is 0.0676. The SMILES string of the molecule is Cc1cc(Oc2cc(N3CCC(N4CCc5cc(O)ccc5NC4=O)CC3)ncn2)cc2[nH]c(CC(F)(F)F)nc12. The minimum atomic E-state index is -4.36. The Morgan fingerprint density at radius 3 is 2.68 bits per heavy atom. The molecular formula is C28H28F3N7O3. The molecule has 3 N–H and O–H groups in total. The molecule has 0 radical (unpaired) electrons. The van der Waals surface area contributed by atoms with Crippen molar-refractivity contribution in [3.05, 3.63) is 59.7 Å². The first kappa shape index (κ1) is 26.7. The zero-order chi connectivity index (χ0) is 28.7. The highest BCUT2D eigenvalue weighted by Gasteiger charge is 2.31. The number of aryl methyl sites for hydroxylation is 1. The van der Waals surface area contributed by atoms with Gasteiger partial charge in [0.05, 0.1) is 11.0 Å². The van der Waals surface area contributed by atoms with Crippen LogP contribution in [0.3, 0.4) is 0 Å². The molecule has 0 bridgehead atoms. The van der Waals surface area contributed by atoms with E-state index < -0.39 is 12.6 Å². The van der Waals surface area contributed by atoms with Gasteiger partial charge in [0.25, 0.3) is 0 Å². The van der Waals surface area contributed by atoms with Gasteiger partial charge in [0.15, 0.2) is 0 Å². The van der Waals surface area contributed by atoms with Crippen molar-refractivity contribution in [1.29, 1.82) is 0 Å². The second-order valence-corrected chi connectivity index (χ2v) is 10.4. The topological polar surface area (TPSA) is 119 Å². The number of halogens is 3. The molecule has 0 spiro atoms. The van der Waals surface area contributed by atoms with Crippen LogP contribution in [0.5, 0.6) is 17.4 Å². The zero-order valence-electron chi connectivity index (χ0n) is 22.2. The summed E-state index contributed by atoms with van der Waals surface area (Å²) in [5.74, 6) is 1.44. The molecule has 214 valence electrons. The van der Waals surface area contributed by atoms with Crippen molar-refractivity contribution in [2.24, 2.45) is 0 Å². The number of phenolic OH excluding ortho intramolecular Hbond substituents is 1. The van der Waals surface area contributed by atoms with Crippen LogP contribution in [-0.2, 0) is 12.8 Å². The predicted octanol–water partition coefficient (Wildman–Crippen LogP) is 5.32. The Labute approximate surface area is 233 Å². The number of piperidine rings is 1. The molecule has 2 aromatic carbocycles. The maximum atomic E-state index is 12.9. The van der Waals surface area contributed by atoms with E-state index in [1.807, 2.05) is 4.90 Å². The quantitative estimate of drug-likeness (QED) is 0.279. The largest absolute Gasteiger partial charge is 0.508 e. The molecule has 4 aromatic rings. The second-order valence-electron chi connectivity index (χ2n) is 10.4. The lowest BCUT2D eigenvalue weighted by molar-refractivity contribution is -0.128. The van der Waals surface area contributed by atoms with Crippen LogP contribution < -0.4 is 15.0 Å². The van der Waals surface area contributed by atoms with Crippen LogP contribution in [0.15, 0.2) is 42.7 Å². The fraction of sp³-hybridized carbons (Fsp3) is 0.357. The molecule has 13 heteroatoms. The number of anilines is 2. The van der Waals surface area contributed by atoms with Crippen molar-refractivity contribution in [2.75, 3.05) is 29.9 Å². The van der Waals surface area contributed by atoms with Crippen molar-refractivity contribution in [3.8, 4) is 17.4 Å². The second kappa shape index (κ2) is 10.5. The Kier molecular flexibility index (Phi) is 6.80. The van der Waals surface area contributed by atoms with E-state index in [4.69, 9.17) is 4.74 Å². The molecule has 1 saturated heterocycles. The number of aromatic nitrogens is 4. The van der Waals surface area contributed by atoms with Crippen LogP contribution >= 0.6 is 0 Å². The number of hydrogen-bond acceptors (Lipinski definition) is 7. The number of hydrogen-bond donors (Lipinski definition) is 3. The molecule has 4 heterocycles. The maximum absolute atomic E-state index is 12.9. The van der Waals surface area contributed by atoms with Gasteiger partial charge >= 0.3 is 12.2 Å². The third-order valence-corrected chi connectivity index (χ3v) is 7.46. The van der Waals surface area contributed by atoms with E-state index in [-0.39, 0.29) is 23.6 Å². The van der Waals surface area contributed by atoms with E-state index in [0.29, 0.717) is 60.1 Å². The van der Waals surface area contributed by atoms with Gasteiger partial charge in [-0.2, -0.15) is 13.2 Å². The lowest BCUT2D eigenvalue weighted by atomic mass is 10.0. The van der Waals surface area contributed by atoms with Gasteiger partial charge in [-0.3, -0.25) is 0 Å². The third-order valence-electron chi connectivity index (χ3n) is 7.46. The summed E-state index contributed by atoms with van der Waals surface area (Å²) in [6.07, 6.45) is -1.92. The number of benzene rings is 2. The van der Waals surface area contributed by atoms with E-state index in [1.54, 1.807) is 43.3 Å². The normalized spacial score (nSPS) is 16.4. The number of fused-ring (bicyclic) bond motifs is 2. The van der Waals surface area contributed by atoms with Crippen LogP contribution in [0, 0.1) is 6.92 Å². The zero-order valence-corrected chi connectivity index (χ0v) is 22.2. The van der Waals surface area contributed by atoms with Gasteiger partial charge in [-0.1, -0.05) is 0 Å². The molecule has 0 aliphatic carbocycles. The first-order valence-electron chi connectivity index (χ1n) is 13.3. The smallest absolute Gasteiger partial charge is 0.396 e. The van der Waals surface area contributed by atoms with Gasteiger partial charge in [-0.15, -0.1) is 0 Å². The molecule has 41 heavy (non-hydrogen) atoms. The molecule has 6 rings (SSSR count). The summed E-state index contributed by atoms with van der Waals surface area (Å²) in [7, 11) is 0. The molecule has 0 atom stereocenters. The van der Waals surface area contributed by atoms with E-state index in [1.165, 1.54) is 6.33 Å². The molecule has 2 aliphatic heterocycles. The molecule has 0 unspecified atom stereocenters. The summed E-state index contributed by atoms with van der Waals surface area (Å²) in [5.41, 5.74) is 3.23. The third kappa shape index (κ3) is 5.83. The van der Waals surface area contributed by atoms with Crippen molar-refractivity contribution >= 4 is 28.6 Å². The van der Waals surface area contributed by atoms with Gasteiger partial charge in [0.1, 0.15) is 35.9 Å². The number of alkyl halides is 3. The van der Waals surface area contributed by atoms with E-state index >= 15 is 0 Å². The number of imidazole rings is 1. The van der Waals surface area contributed by atoms with Crippen LogP contribution in [0.1, 0.15) is 29.8 Å². The van der Waals surface area contributed by atoms with Crippen LogP contribution in [0.2, 0.25) is 0 Å². The Hall–Kier alpha value is -4.55. The number of ether oxygens (including phenoxy) is 1. The van der Waals surface area contributed by atoms with Gasteiger partial charge in [0.2, 0.25) is 5.88 Å². The summed E-state index contributed by atoms with van der Waals surface area (Å²) in [4.78, 5) is 32.4. The highest BCUT2D eigenvalue weighted by Crippen LogP contribution is 2.31. The number of H-pyrrole nitrogens is 1. The number of phenols is 1. The van der Waals surface area contributed by atoms with Gasteiger partial charge in [-0.05, 0) is 61.6 Å². The van der Waals surface area contributed by atoms with E-state index in [2.05, 4.69) is 30.2 Å². The Balaban J connectivity index is 1.11. The number of carbonyl (C=O) groups is 1. The Morgan fingerprint density at radius 2 is 1.90 bits per heavy atom. The maximum Gasteiger partial charge on any atom is 0.396 e. The predicted molar refractivity (Wildman–Crippen MR) is 145 cm³/mol. The molecule has 10 nitrogen and oxygen atoms in total. The fourth-order valence-corrected chi connectivity index (χ4v) is 5.51. The number of carbonyl (C=O) groups excluding carboxylic acids is 1. The van der Waals surface area contributed by atoms with Crippen molar-refractivity contribution < 1.29 is 27.8 Å². The molecule has 2 amide bonds. The number of aromatic amines is 1. The van der Waals surface area contributed by atoms with E-state index in [9.17, 15) is 23.1 Å². The average Bonchev–Trinajstić information content (AvgIpc) is 3.24. The molecule has 2 aromatic heterocycles. The summed E-state index contributed by atoms with van der Waals surface area (Å²) in [5, 5.41) is 12.8. The van der Waals surface area contributed by atoms with Gasteiger partial charge in [0, 0.05) is 43.5 Å². The van der Waals surface area contributed by atoms with Crippen LogP contribution in [0.25, 0.3) is 11.0 Å². The summed E-state index contributed by atoms with van der Waals surface area (Å²) >= 11 is 0. The molecule has 2 aliphatic rings. The first-order valence-corrected chi connectivity index (χ1v) is 13.3. The Morgan fingerprint density at radius 1 is 1.10 bits per heavy atom. The highest BCUT2D eigenvalue weighted by atomic mass is 19.4. The summed E-state index contributed by atoms with van der Waals surface area (Å²) < 4.78 is 44.4. The van der Waals surface area contributed by atoms with Crippen LogP contribution in [-0.4, -0.2) is 67.8 Å². The van der Waals surface area contributed by atoms with Gasteiger partial charge in [-0.25, -0.2) is 19.7 Å². The van der Waals surface area contributed by atoms with Gasteiger partial charge < -0.3 is 29.9 Å².